The van der Waals surface area contributed by atoms with E-state index >= 15 is 0 Å². The molecule has 0 radical (unpaired) electrons. The summed E-state index contributed by atoms with van der Waals surface area (Å²) < 4.78 is 0. The Morgan fingerprint density at radius 2 is 1.14 bits per heavy atom. The Bertz CT molecular complexity index is 35.9. The molecule has 0 N–H and O–H groups in total. The van der Waals surface area contributed by atoms with Crippen LogP contribution in [0.1, 0.15) is 0 Å². The molecule has 3 nitrogen and oxygen atoms in total. The maximum absolute atomic E-state index is 8.33. The molecule has 6 heteroatoms. The zero-order chi connectivity index (χ0) is 3.58. The van der Waals surface area contributed by atoms with Gasteiger partial charge in [-0.25, -0.2) is 0 Å². The van der Waals surface area contributed by atoms with Crippen molar-refractivity contribution in [1.29, 1.82) is 0 Å². The largest absolute Gasteiger partial charge is 2.00 e. The first-order valence-corrected chi connectivity index (χ1v) is 0.612. The fraction of sp³-hybridized carbons (Fsp3) is 0. The van der Waals surface area contributed by atoms with E-state index < -0.39 is 6.16 Å². The van der Waals surface area contributed by atoms with Gasteiger partial charge < -0.3 is 15.0 Å². The van der Waals surface area contributed by atoms with Crippen LogP contribution in [0.3, 0.4) is 0 Å². The van der Waals surface area contributed by atoms with E-state index in [9.17, 15) is 0 Å². The molecule has 0 atom stereocenters. The van der Waals surface area contributed by atoms with Crippen molar-refractivity contribution >= 4 is 81.6 Å². The minimum atomic E-state index is -2.33. The van der Waals surface area contributed by atoms with Crippen molar-refractivity contribution in [2.75, 3.05) is 0 Å². The zero-order valence-electron chi connectivity index (χ0n) is 4.14. The van der Waals surface area contributed by atoms with Gasteiger partial charge in [0.25, 0.3) is 0 Å². The van der Waals surface area contributed by atoms with E-state index in [1.54, 1.807) is 0 Å². The molecule has 0 aromatic heterocycles. The van der Waals surface area contributed by atoms with Crippen LogP contribution in [-0.2, 0) is 0 Å². The number of hydrogen-bond donors (Lipinski definition) is 0. The van der Waals surface area contributed by atoms with Gasteiger partial charge in [0.2, 0.25) is 0 Å². The van der Waals surface area contributed by atoms with Crippen molar-refractivity contribution in [3.8, 4) is 0 Å². The van der Waals surface area contributed by atoms with Gasteiger partial charge in [0, 0.05) is 0 Å². The Kier molecular flexibility index (Phi) is 51.3. The van der Waals surface area contributed by atoms with Crippen LogP contribution in [0.2, 0.25) is 0 Å². The van der Waals surface area contributed by atoms with Gasteiger partial charge in [0.1, 0.15) is 0 Å². The van der Waals surface area contributed by atoms with Gasteiger partial charge in [-0.15, -0.1) is 0 Å². The molecule has 0 aliphatic heterocycles. The van der Waals surface area contributed by atoms with Gasteiger partial charge in [-0.05, 0) is 6.16 Å². The number of carboxylic acid groups (broad SMARTS) is 2. The fourth-order valence-electron chi connectivity index (χ4n) is 0. The van der Waals surface area contributed by atoms with Crippen LogP contribution >= 0.6 is 0 Å². The molecule has 0 aromatic carbocycles. The molecule has 0 saturated heterocycles. The molecule has 0 aromatic rings. The van der Waals surface area contributed by atoms with Gasteiger partial charge in [-0.3, -0.25) is 0 Å². The number of hydrogen-bond acceptors (Lipinski definition) is 3. The molecule has 0 aliphatic rings. The SMILES string of the molecule is O=C([O-])[O-].[Ca+2].[Ca+2].[Na+]. The molecule has 0 spiro atoms. The summed E-state index contributed by atoms with van der Waals surface area (Å²) in [5.41, 5.74) is 0. The van der Waals surface area contributed by atoms with E-state index in [0.29, 0.717) is 0 Å². The molecule has 0 fully saturated rings. The first-order valence-electron chi connectivity index (χ1n) is 0.612. The second-order valence-corrected chi connectivity index (χ2v) is 0.250. The smallest absolute Gasteiger partial charge is 0.652 e. The predicted molar refractivity (Wildman–Crippen MR) is 16.9 cm³/mol. The normalized spacial score (nSPS) is 3.43. The first kappa shape index (κ1) is 22.6. The monoisotopic (exact) mass is 163 g/mol. The maximum Gasteiger partial charge on any atom is 2.00 e. The Morgan fingerprint density at radius 1 is 1.14 bits per heavy atom. The summed E-state index contributed by atoms with van der Waals surface area (Å²) in [6.45, 7) is 0. The average Bonchev–Trinajstić information content (AvgIpc) is 0.811. The van der Waals surface area contributed by atoms with Crippen molar-refractivity contribution in [2.24, 2.45) is 0 Å². The average molecular weight is 163 g/mol. The van der Waals surface area contributed by atoms with Crippen LogP contribution in [0.15, 0.2) is 0 Å². The van der Waals surface area contributed by atoms with Crippen molar-refractivity contribution in [1.82, 2.24) is 0 Å². The standard InChI is InChI=1S/CH2O3.2Ca.Na/c2-1(3)4;;;/h(H2,2,3,4);;;/q;2*+2;+1/p-2. The second-order valence-electron chi connectivity index (χ2n) is 0.250. The maximum atomic E-state index is 8.33. The van der Waals surface area contributed by atoms with Crippen molar-refractivity contribution in [2.45, 2.75) is 0 Å². The van der Waals surface area contributed by atoms with E-state index in [4.69, 9.17) is 15.0 Å². The van der Waals surface area contributed by atoms with Gasteiger partial charge in [-0.1, -0.05) is 0 Å². The van der Waals surface area contributed by atoms with E-state index in [1.165, 1.54) is 0 Å². The molecule has 0 unspecified atom stereocenters. The Morgan fingerprint density at radius 3 is 1.14 bits per heavy atom. The Labute approximate surface area is 123 Å². The molecular weight excluding hydrogens is 163 g/mol. The first-order chi connectivity index (χ1) is 1.73. The summed E-state index contributed by atoms with van der Waals surface area (Å²) in [6, 6.07) is 0. The van der Waals surface area contributed by atoms with Crippen LogP contribution in [0, 0.1) is 0 Å². The van der Waals surface area contributed by atoms with Gasteiger partial charge in [-0.2, -0.15) is 0 Å². The second kappa shape index (κ2) is 15.9. The molecule has 0 amide bonds. The third-order valence-electron chi connectivity index (χ3n) is 0. The van der Waals surface area contributed by atoms with Crippen molar-refractivity contribution < 1.29 is 44.6 Å². The third kappa shape index (κ3) is 52.1. The molecule has 7 heavy (non-hydrogen) atoms. The summed E-state index contributed by atoms with van der Waals surface area (Å²) in [5, 5.41) is 16.7. The van der Waals surface area contributed by atoms with Crippen LogP contribution in [0.5, 0.6) is 0 Å². The van der Waals surface area contributed by atoms with E-state index in [1.807, 2.05) is 0 Å². The molecule has 0 rings (SSSR count). The molecular formula is CCa2NaO3+3. The van der Waals surface area contributed by atoms with Gasteiger partial charge in [0.15, 0.2) is 0 Å². The summed E-state index contributed by atoms with van der Waals surface area (Å²) >= 11 is 0. The Hall–Kier alpha value is 2.79. The van der Waals surface area contributed by atoms with E-state index in [2.05, 4.69) is 0 Å². The topological polar surface area (TPSA) is 63.2 Å². The minimum absolute atomic E-state index is 0. The number of rotatable bonds is 0. The molecule has 0 saturated carbocycles. The third-order valence-corrected chi connectivity index (χ3v) is 0. The van der Waals surface area contributed by atoms with Crippen LogP contribution < -0.4 is 39.8 Å². The summed E-state index contributed by atoms with van der Waals surface area (Å²) in [5.74, 6) is 0. The van der Waals surface area contributed by atoms with Crippen molar-refractivity contribution in [3.05, 3.63) is 0 Å². The molecule has 0 heterocycles. The molecule has 0 aliphatic carbocycles. The zero-order valence-corrected chi connectivity index (χ0v) is 10.6. The van der Waals surface area contributed by atoms with Crippen LogP contribution in [-0.4, -0.2) is 81.6 Å². The van der Waals surface area contributed by atoms with Gasteiger partial charge >= 0.3 is 105 Å². The summed E-state index contributed by atoms with van der Waals surface area (Å²) in [6.07, 6.45) is -2.33. The number of carbonyl (C=O) groups excluding carboxylic acids is 1. The summed E-state index contributed by atoms with van der Waals surface area (Å²) in [4.78, 5) is 8.33. The van der Waals surface area contributed by atoms with Gasteiger partial charge in [0.05, 0.1) is 0 Å². The molecule has 24 valence electrons. The van der Waals surface area contributed by atoms with Crippen LogP contribution in [0.25, 0.3) is 0 Å². The Balaban J connectivity index is -0.0000000150. The van der Waals surface area contributed by atoms with Crippen molar-refractivity contribution in [3.63, 3.8) is 0 Å². The predicted octanol–water partition coefficient (Wildman–Crippen LogP) is -6.20. The van der Waals surface area contributed by atoms with E-state index in [-0.39, 0.29) is 105 Å². The minimum Gasteiger partial charge on any atom is -0.652 e. The fourth-order valence-corrected chi connectivity index (χ4v) is 0. The van der Waals surface area contributed by atoms with E-state index in [0.717, 1.165) is 0 Å². The summed E-state index contributed by atoms with van der Waals surface area (Å²) in [7, 11) is 0. The number of carbonyl (C=O) groups is 1. The molecule has 0 bridgehead atoms. The quantitative estimate of drug-likeness (QED) is 0.334. The van der Waals surface area contributed by atoms with Crippen LogP contribution in [0.4, 0.5) is 4.79 Å².